The van der Waals surface area contributed by atoms with Crippen molar-refractivity contribution in [2.75, 3.05) is 11.9 Å². The van der Waals surface area contributed by atoms with Gasteiger partial charge in [-0.25, -0.2) is 4.79 Å². The van der Waals surface area contributed by atoms with Gasteiger partial charge in [0.2, 0.25) is 0 Å². The Labute approximate surface area is 101 Å². The summed E-state index contributed by atoms with van der Waals surface area (Å²) in [6.07, 6.45) is 1.83. The van der Waals surface area contributed by atoms with Gasteiger partial charge in [-0.15, -0.1) is 0 Å². The van der Waals surface area contributed by atoms with Crippen molar-refractivity contribution in [2.45, 2.75) is 0 Å². The van der Waals surface area contributed by atoms with Gasteiger partial charge in [-0.05, 0) is 18.2 Å². The van der Waals surface area contributed by atoms with Crippen LogP contribution in [0.5, 0.6) is 0 Å². The predicted molar refractivity (Wildman–Crippen MR) is 64.3 cm³/mol. The molecule has 0 aliphatic carbocycles. The van der Waals surface area contributed by atoms with E-state index in [-0.39, 0.29) is 5.91 Å². The molecule has 1 amide bonds. The van der Waals surface area contributed by atoms with E-state index in [2.05, 4.69) is 15.9 Å². The topological polar surface area (TPSA) is 57.6 Å². The zero-order chi connectivity index (χ0) is 12.1. The van der Waals surface area contributed by atoms with Crippen LogP contribution in [0, 0.1) is 0 Å². The molecular formula is C11H10BrNO3. The van der Waals surface area contributed by atoms with Crippen LogP contribution in [0.4, 0.5) is 5.69 Å². The number of amides is 1. The van der Waals surface area contributed by atoms with E-state index < -0.39 is 5.97 Å². The van der Waals surface area contributed by atoms with Gasteiger partial charge in [0.25, 0.3) is 5.91 Å². The maximum absolute atomic E-state index is 11.5. The number of hydrogen-bond acceptors (Lipinski definition) is 2. The predicted octanol–water partition coefficient (Wildman–Crippen LogP) is 2.05. The van der Waals surface area contributed by atoms with Crippen LogP contribution in [0.15, 0.2) is 40.9 Å². The number of carbonyl (C=O) groups is 2. The summed E-state index contributed by atoms with van der Waals surface area (Å²) in [5.74, 6) is -1.53. The summed E-state index contributed by atoms with van der Waals surface area (Å²) < 4.78 is 0.854. The number of carboxylic acids is 1. The Morgan fingerprint density at radius 3 is 2.62 bits per heavy atom. The van der Waals surface area contributed by atoms with Crippen molar-refractivity contribution in [3.05, 3.63) is 40.9 Å². The highest BCUT2D eigenvalue weighted by Crippen LogP contribution is 2.18. The minimum absolute atomic E-state index is 0.388. The summed E-state index contributed by atoms with van der Waals surface area (Å²) in [4.78, 5) is 23.1. The van der Waals surface area contributed by atoms with Gasteiger partial charge in [0.15, 0.2) is 0 Å². The minimum Gasteiger partial charge on any atom is -0.478 e. The van der Waals surface area contributed by atoms with E-state index in [1.54, 1.807) is 25.2 Å². The molecule has 0 saturated heterocycles. The van der Waals surface area contributed by atoms with Gasteiger partial charge in [0.1, 0.15) is 0 Å². The minimum atomic E-state index is -1.14. The lowest BCUT2D eigenvalue weighted by atomic mass is 10.3. The standard InChI is InChI=1S/C11H10BrNO3/c1-13(10(14)5-6-11(15)16)9-4-2-3-8(12)7-9/h2-7H,1H3,(H,15,16)/b6-5+. The fraction of sp³-hybridized carbons (Fsp3) is 0.0909. The maximum atomic E-state index is 11.5. The van der Waals surface area contributed by atoms with Crippen molar-refractivity contribution in [3.63, 3.8) is 0 Å². The second-order valence-corrected chi connectivity index (χ2v) is 3.96. The largest absolute Gasteiger partial charge is 0.478 e. The van der Waals surface area contributed by atoms with Crippen LogP contribution in [-0.4, -0.2) is 24.0 Å². The van der Waals surface area contributed by atoms with Crippen LogP contribution in [0.25, 0.3) is 0 Å². The van der Waals surface area contributed by atoms with E-state index in [1.165, 1.54) is 4.90 Å². The van der Waals surface area contributed by atoms with E-state index in [0.717, 1.165) is 16.6 Å². The molecule has 0 aliphatic heterocycles. The highest BCUT2D eigenvalue weighted by atomic mass is 79.9. The van der Waals surface area contributed by atoms with Gasteiger partial charge in [-0.2, -0.15) is 0 Å². The number of hydrogen-bond donors (Lipinski definition) is 1. The molecule has 1 rings (SSSR count). The molecule has 0 radical (unpaired) electrons. The van der Waals surface area contributed by atoms with Crippen molar-refractivity contribution >= 4 is 33.5 Å². The van der Waals surface area contributed by atoms with Crippen molar-refractivity contribution in [1.82, 2.24) is 0 Å². The highest BCUT2D eigenvalue weighted by molar-refractivity contribution is 9.10. The first-order chi connectivity index (χ1) is 7.50. The fourth-order valence-electron chi connectivity index (χ4n) is 1.07. The molecule has 84 valence electrons. The Hall–Kier alpha value is -1.62. The van der Waals surface area contributed by atoms with Crippen LogP contribution in [0.1, 0.15) is 0 Å². The van der Waals surface area contributed by atoms with E-state index >= 15 is 0 Å². The summed E-state index contributed by atoms with van der Waals surface area (Å²) in [5.41, 5.74) is 0.689. The number of carboxylic acid groups (broad SMARTS) is 1. The fourth-order valence-corrected chi connectivity index (χ4v) is 1.45. The molecule has 4 nitrogen and oxygen atoms in total. The van der Waals surface area contributed by atoms with E-state index in [9.17, 15) is 9.59 Å². The number of anilines is 1. The normalized spacial score (nSPS) is 10.4. The van der Waals surface area contributed by atoms with Gasteiger partial charge < -0.3 is 10.0 Å². The van der Waals surface area contributed by atoms with Crippen LogP contribution >= 0.6 is 15.9 Å². The van der Waals surface area contributed by atoms with Crippen LogP contribution in [0.3, 0.4) is 0 Å². The molecule has 0 aliphatic rings. The SMILES string of the molecule is CN(C(=O)/C=C/C(=O)O)c1cccc(Br)c1. The summed E-state index contributed by atoms with van der Waals surface area (Å²) in [6, 6.07) is 7.17. The average molecular weight is 284 g/mol. The number of aliphatic carboxylic acids is 1. The molecular weight excluding hydrogens is 274 g/mol. The molecule has 1 N–H and O–H groups in total. The molecule has 0 unspecified atom stereocenters. The van der Waals surface area contributed by atoms with Gasteiger partial charge >= 0.3 is 5.97 Å². The maximum Gasteiger partial charge on any atom is 0.328 e. The molecule has 0 fully saturated rings. The molecule has 0 heterocycles. The third-order valence-electron chi connectivity index (χ3n) is 1.89. The zero-order valence-corrected chi connectivity index (χ0v) is 10.1. The molecule has 0 saturated carbocycles. The lowest BCUT2D eigenvalue weighted by Crippen LogP contribution is -2.24. The second-order valence-electron chi connectivity index (χ2n) is 3.05. The average Bonchev–Trinajstić information content (AvgIpc) is 2.24. The molecule has 16 heavy (non-hydrogen) atoms. The lowest BCUT2D eigenvalue weighted by Gasteiger charge is -2.15. The number of benzene rings is 1. The summed E-state index contributed by atoms with van der Waals surface area (Å²) in [6.45, 7) is 0. The van der Waals surface area contributed by atoms with Crippen LogP contribution in [-0.2, 0) is 9.59 Å². The number of nitrogens with zero attached hydrogens (tertiary/aromatic N) is 1. The molecule has 1 aromatic carbocycles. The van der Waals surface area contributed by atoms with Crippen molar-refractivity contribution in [2.24, 2.45) is 0 Å². The lowest BCUT2D eigenvalue weighted by molar-refractivity contribution is -0.131. The van der Waals surface area contributed by atoms with Crippen LogP contribution in [0.2, 0.25) is 0 Å². The molecule has 0 bridgehead atoms. The number of likely N-dealkylation sites (N-methyl/N-ethyl adjacent to an activating group) is 1. The highest BCUT2D eigenvalue weighted by Gasteiger charge is 2.07. The van der Waals surface area contributed by atoms with Gasteiger partial charge in [-0.1, -0.05) is 22.0 Å². The Kier molecular flexibility index (Phi) is 4.25. The first kappa shape index (κ1) is 12.4. The van der Waals surface area contributed by atoms with Gasteiger partial charge in [-0.3, -0.25) is 4.79 Å². The summed E-state index contributed by atoms with van der Waals surface area (Å²) in [7, 11) is 1.58. The summed E-state index contributed by atoms with van der Waals surface area (Å²) >= 11 is 3.29. The first-order valence-corrected chi connectivity index (χ1v) is 5.24. The molecule has 0 atom stereocenters. The molecule has 1 aromatic rings. The van der Waals surface area contributed by atoms with E-state index in [4.69, 9.17) is 5.11 Å². The third-order valence-corrected chi connectivity index (χ3v) is 2.39. The Bertz CT molecular complexity index is 443. The Balaban J connectivity index is 2.82. The molecule has 0 spiro atoms. The van der Waals surface area contributed by atoms with Gasteiger partial charge in [0.05, 0.1) is 0 Å². The number of carbonyl (C=O) groups excluding carboxylic acids is 1. The smallest absolute Gasteiger partial charge is 0.328 e. The zero-order valence-electron chi connectivity index (χ0n) is 8.55. The quantitative estimate of drug-likeness (QED) is 0.864. The monoisotopic (exact) mass is 283 g/mol. The third kappa shape index (κ3) is 3.51. The molecule has 0 aromatic heterocycles. The summed E-state index contributed by atoms with van der Waals surface area (Å²) in [5, 5.41) is 8.39. The Morgan fingerprint density at radius 2 is 2.06 bits per heavy atom. The first-order valence-electron chi connectivity index (χ1n) is 4.45. The van der Waals surface area contributed by atoms with E-state index in [1.807, 2.05) is 6.07 Å². The Morgan fingerprint density at radius 1 is 1.38 bits per heavy atom. The van der Waals surface area contributed by atoms with E-state index in [0.29, 0.717) is 5.69 Å². The molecule has 5 heteroatoms. The van der Waals surface area contributed by atoms with Gasteiger partial charge in [0, 0.05) is 29.4 Å². The van der Waals surface area contributed by atoms with Crippen molar-refractivity contribution < 1.29 is 14.7 Å². The number of halogens is 1. The van der Waals surface area contributed by atoms with Crippen molar-refractivity contribution in [1.29, 1.82) is 0 Å². The van der Waals surface area contributed by atoms with Crippen molar-refractivity contribution in [3.8, 4) is 0 Å². The van der Waals surface area contributed by atoms with Crippen LogP contribution < -0.4 is 4.90 Å². The number of rotatable bonds is 3. The second kappa shape index (κ2) is 5.46.